The third-order valence-electron chi connectivity index (χ3n) is 3.58. The lowest BCUT2D eigenvalue weighted by Gasteiger charge is -2.04. The fourth-order valence-corrected chi connectivity index (χ4v) is 2.19. The Morgan fingerprint density at radius 1 is 1.07 bits per heavy atom. The van der Waals surface area contributed by atoms with Gasteiger partial charge in [-0.3, -0.25) is 4.79 Å². The fourth-order valence-electron chi connectivity index (χ4n) is 2.19. The smallest absolute Gasteiger partial charge is 0.336 e. The first-order valence-corrected chi connectivity index (χ1v) is 8.56. The summed E-state index contributed by atoms with van der Waals surface area (Å²) < 4.78 is 10.1. The topological polar surface area (TPSA) is 88.4 Å². The number of benzene rings is 2. The van der Waals surface area contributed by atoms with Crippen molar-refractivity contribution in [3.63, 3.8) is 0 Å². The molecular formula is C22H20N2O4. The maximum absolute atomic E-state index is 11.9. The summed E-state index contributed by atoms with van der Waals surface area (Å²) in [7, 11) is 1.53. The third-order valence-corrected chi connectivity index (χ3v) is 3.58. The van der Waals surface area contributed by atoms with Crippen LogP contribution in [-0.2, 0) is 14.3 Å². The van der Waals surface area contributed by atoms with E-state index in [1.165, 1.54) is 19.3 Å². The van der Waals surface area contributed by atoms with Crippen LogP contribution in [0.3, 0.4) is 0 Å². The van der Waals surface area contributed by atoms with E-state index in [9.17, 15) is 9.59 Å². The van der Waals surface area contributed by atoms with Crippen molar-refractivity contribution in [2.75, 3.05) is 20.3 Å². The molecule has 28 heavy (non-hydrogen) atoms. The second-order valence-corrected chi connectivity index (χ2v) is 5.65. The Kier molecular flexibility index (Phi) is 8.18. The minimum Gasteiger partial charge on any atom is -0.423 e. The highest BCUT2D eigenvalue weighted by Gasteiger charge is 2.08. The molecule has 6 nitrogen and oxygen atoms in total. The van der Waals surface area contributed by atoms with Gasteiger partial charge in [0.15, 0.2) is 0 Å². The summed E-state index contributed by atoms with van der Waals surface area (Å²) in [6.07, 6.45) is 4.48. The monoisotopic (exact) mass is 376 g/mol. The standard InChI is InChI=1S/C22H20N2O4/c1-27-14-13-24-22(26)19(16-23)15-18-7-10-20(11-8-18)28-21(25)12-9-17-5-3-2-4-6-17/h2-12,15H,13-14H2,1H3,(H,24,26)/b12-9+,19-15+. The zero-order valence-corrected chi connectivity index (χ0v) is 15.4. The maximum Gasteiger partial charge on any atom is 0.336 e. The molecule has 0 heterocycles. The number of esters is 1. The van der Waals surface area contributed by atoms with E-state index >= 15 is 0 Å². The first-order chi connectivity index (χ1) is 13.6. The van der Waals surface area contributed by atoms with Crippen LogP contribution in [-0.4, -0.2) is 32.1 Å². The Labute approximate surface area is 163 Å². The number of nitrogens with one attached hydrogen (secondary N) is 1. The third kappa shape index (κ3) is 6.90. The van der Waals surface area contributed by atoms with Gasteiger partial charge in [0, 0.05) is 19.7 Å². The predicted molar refractivity (Wildman–Crippen MR) is 106 cm³/mol. The molecule has 0 radical (unpaired) electrons. The number of methoxy groups -OCH3 is 1. The minimum atomic E-state index is -0.498. The fraction of sp³-hybridized carbons (Fsp3) is 0.136. The number of nitriles is 1. The van der Waals surface area contributed by atoms with Crippen molar-refractivity contribution in [2.24, 2.45) is 0 Å². The normalized spacial score (nSPS) is 11.1. The van der Waals surface area contributed by atoms with Crippen molar-refractivity contribution in [3.8, 4) is 11.8 Å². The molecule has 2 aromatic rings. The minimum absolute atomic E-state index is 0.0216. The van der Waals surface area contributed by atoms with Crippen LogP contribution in [0.2, 0.25) is 0 Å². The second-order valence-electron chi connectivity index (χ2n) is 5.65. The highest BCUT2D eigenvalue weighted by Crippen LogP contribution is 2.15. The van der Waals surface area contributed by atoms with Gasteiger partial charge in [-0.15, -0.1) is 0 Å². The van der Waals surface area contributed by atoms with Gasteiger partial charge in [0.05, 0.1) is 6.61 Å². The first-order valence-electron chi connectivity index (χ1n) is 8.56. The van der Waals surface area contributed by atoms with Gasteiger partial charge in [0.25, 0.3) is 5.91 Å². The van der Waals surface area contributed by atoms with Gasteiger partial charge in [-0.05, 0) is 35.4 Å². The van der Waals surface area contributed by atoms with E-state index in [1.54, 1.807) is 30.3 Å². The quantitative estimate of drug-likeness (QED) is 0.252. The van der Waals surface area contributed by atoms with Crippen LogP contribution in [0.1, 0.15) is 11.1 Å². The van der Waals surface area contributed by atoms with Gasteiger partial charge in [-0.2, -0.15) is 5.26 Å². The number of hydrogen-bond donors (Lipinski definition) is 1. The van der Waals surface area contributed by atoms with Gasteiger partial charge in [0.1, 0.15) is 17.4 Å². The Morgan fingerprint density at radius 3 is 2.43 bits per heavy atom. The number of amides is 1. The molecule has 2 rings (SSSR count). The Bertz CT molecular complexity index is 894. The van der Waals surface area contributed by atoms with Crippen LogP contribution in [0.15, 0.2) is 66.2 Å². The van der Waals surface area contributed by atoms with E-state index < -0.39 is 11.9 Å². The van der Waals surface area contributed by atoms with E-state index in [0.717, 1.165) is 5.56 Å². The lowest BCUT2D eigenvalue weighted by atomic mass is 10.1. The molecule has 1 amide bonds. The molecule has 2 aromatic carbocycles. The molecule has 0 unspecified atom stereocenters. The van der Waals surface area contributed by atoms with Crippen molar-refractivity contribution in [1.29, 1.82) is 5.26 Å². The first kappa shape index (κ1) is 20.6. The summed E-state index contributed by atoms with van der Waals surface area (Å²) in [4.78, 5) is 23.8. The van der Waals surface area contributed by atoms with Crippen LogP contribution in [0.25, 0.3) is 12.2 Å². The molecule has 0 atom stereocenters. The van der Waals surface area contributed by atoms with Crippen molar-refractivity contribution >= 4 is 24.0 Å². The predicted octanol–water partition coefficient (Wildman–Crippen LogP) is 2.97. The van der Waals surface area contributed by atoms with Crippen LogP contribution in [0.4, 0.5) is 0 Å². The molecule has 0 spiro atoms. The lowest BCUT2D eigenvalue weighted by molar-refractivity contribution is -0.128. The van der Waals surface area contributed by atoms with Crippen molar-refractivity contribution in [2.45, 2.75) is 0 Å². The molecule has 0 aliphatic heterocycles. The summed E-state index contributed by atoms with van der Waals surface area (Å²) in [5, 5.41) is 11.7. The molecule has 0 aliphatic carbocycles. The van der Waals surface area contributed by atoms with Crippen molar-refractivity contribution in [3.05, 3.63) is 77.4 Å². The number of ether oxygens (including phenoxy) is 2. The van der Waals surface area contributed by atoms with E-state index in [4.69, 9.17) is 14.7 Å². The molecule has 142 valence electrons. The van der Waals surface area contributed by atoms with Crippen molar-refractivity contribution in [1.82, 2.24) is 5.32 Å². The zero-order chi connectivity index (χ0) is 20.2. The van der Waals surface area contributed by atoms with E-state index in [1.807, 2.05) is 36.4 Å². The molecule has 0 aliphatic rings. The summed E-state index contributed by atoms with van der Waals surface area (Å²) in [6.45, 7) is 0.684. The molecule has 1 N–H and O–H groups in total. The average Bonchev–Trinajstić information content (AvgIpc) is 2.72. The van der Waals surface area contributed by atoms with Gasteiger partial charge in [-0.25, -0.2) is 4.79 Å². The highest BCUT2D eigenvalue weighted by molar-refractivity contribution is 6.01. The van der Waals surface area contributed by atoms with Gasteiger partial charge in [0.2, 0.25) is 0 Å². The molecule has 0 bridgehead atoms. The molecule has 0 saturated carbocycles. The Morgan fingerprint density at radius 2 is 1.79 bits per heavy atom. The summed E-state index contributed by atoms with van der Waals surface area (Å²) in [5.41, 5.74) is 1.51. The van der Waals surface area contributed by atoms with Gasteiger partial charge >= 0.3 is 5.97 Å². The largest absolute Gasteiger partial charge is 0.423 e. The lowest BCUT2D eigenvalue weighted by Crippen LogP contribution is -2.27. The SMILES string of the molecule is COCCNC(=O)/C(C#N)=C/c1ccc(OC(=O)/C=C/c2ccccc2)cc1. The van der Waals surface area contributed by atoms with Crippen LogP contribution in [0.5, 0.6) is 5.75 Å². The highest BCUT2D eigenvalue weighted by atomic mass is 16.5. The Balaban J connectivity index is 1.96. The van der Waals surface area contributed by atoms with Crippen molar-refractivity contribution < 1.29 is 19.1 Å². The van der Waals surface area contributed by atoms with Gasteiger partial charge < -0.3 is 14.8 Å². The Hall–Kier alpha value is -3.69. The molecule has 0 aromatic heterocycles. The summed E-state index contributed by atoms with van der Waals surface area (Å²) in [5.74, 6) is -0.605. The molecule has 0 fully saturated rings. The summed E-state index contributed by atoms with van der Waals surface area (Å²) >= 11 is 0. The second kappa shape index (κ2) is 11.1. The van der Waals surface area contributed by atoms with Crippen LogP contribution < -0.4 is 10.1 Å². The number of carbonyl (C=O) groups is 2. The van der Waals surface area contributed by atoms with Gasteiger partial charge in [-0.1, -0.05) is 42.5 Å². The molecule has 0 saturated heterocycles. The molecule has 6 heteroatoms. The number of carbonyl (C=O) groups excluding carboxylic acids is 2. The summed E-state index contributed by atoms with van der Waals surface area (Å²) in [6, 6.07) is 17.8. The van der Waals surface area contributed by atoms with E-state index in [2.05, 4.69) is 5.32 Å². The zero-order valence-electron chi connectivity index (χ0n) is 15.4. The average molecular weight is 376 g/mol. The van der Waals surface area contributed by atoms with E-state index in [0.29, 0.717) is 24.5 Å². The van der Waals surface area contributed by atoms with Crippen LogP contribution >= 0.6 is 0 Å². The van der Waals surface area contributed by atoms with Crippen LogP contribution in [0, 0.1) is 11.3 Å². The maximum atomic E-state index is 11.9. The molecular weight excluding hydrogens is 356 g/mol. The number of nitrogens with zero attached hydrogens (tertiary/aromatic N) is 1. The number of hydrogen-bond acceptors (Lipinski definition) is 5. The van der Waals surface area contributed by atoms with E-state index in [-0.39, 0.29) is 5.57 Å². The number of rotatable bonds is 8.